The smallest absolute Gasteiger partial charge is 0.124 e. The third kappa shape index (κ3) is 3.11. The molecule has 1 aliphatic rings. The molecule has 1 fully saturated rings. The third-order valence-corrected chi connectivity index (χ3v) is 3.19. The lowest BCUT2D eigenvalue weighted by Gasteiger charge is -2.18. The molecule has 0 radical (unpaired) electrons. The van der Waals surface area contributed by atoms with Gasteiger partial charge in [0.1, 0.15) is 11.5 Å². The van der Waals surface area contributed by atoms with Crippen LogP contribution in [0.15, 0.2) is 18.2 Å². The first-order valence-corrected chi connectivity index (χ1v) is 6.10. The molecule has 3 N–H and O–H groups in total. The van der Waals surface area contributed by atoms with Crippen LogP contribution in [0.2, 0.25) is 0 Å². The molecule has 0 spiro atoms. The van der Waals surface area contributed by atoms with Gasteiger partial charge in [0.15, 0.2) is 0 Å². The SMILES string of the molecule is CC(NOC1CCCC1)c1ccc(O)cc1O. The number of hydrogen-bond donors (Lipinski definition) is 3. The van der Waals surface area contributed by atoms with Crippen molar-refractivity contribution in [1.29, 1.82) is 0 Å². The van der Waals surface area contributed by atoms with Crippen LogP contribution >= 0.6 is 0 Å². The minimum atomic E-state index is -0.101. The van der Waals surface area contributed by atoms with Gasteiger partial charge in [-0.15, -0.1) is 0 Å². The van der Waals surface area contributed by atoms with Crippen molar-refractivity contribution >= 4 is 0 Å². The van der Waals surface area contributed by atoms with Crippen molar-refractivity contribution in [1.82, 2.24) is 5.48 Å². The molecular formula is C13H19NO3. The first-order valence-electron chi connectivity index (χ1n) is 6.10. The van der Waals surface area contributed by atoms with E-state index in [-0.39, 0.29) is 23.6 Å². The van der Waals surface area contributed by atoms with Gasteiger partial charge in [0, 0.05) is 11.6 Å². The second-order valence-corrected chi connectivity index (χ2v) is 4.61. The summed E-state index contributed by atoms with van der Waals surface area (Å²) in [4.78, 5) is 5.58. The molecule has 17 heavy (non-hydrogen) atoms. The van der Waals surface area contributed by atoms with Gasteiger partial charge < -0.3 is 10.2 Å². The van der Waals surface area contributed by atoms with E-state index in [1.807, 2.05) is 6.92 Å². The van der Waals surface area contributed by atoms with E-state index >= 15 is 0 Å². The molecule has 0 bridgehead atoms. The summed E-state index contributed by atoms with van der Waals surface area (Å²) >= 11 is 0. The molecule has 0 saturated heterocycles. The number of benzene rings is 1. The molecule has 1 saturated carbocycles. The quantitative estimate of drug-likeness (QED) is 0.704. The number of nitrogens with one attached hydrogen (secondary N) is 1. The Hall–Kier alpha value is -1.26. The van der Waals surface area contributed by atoms with Gasteiger partial charge in [0.25, 0.3) is 0 Å². The Kier molecular flexibility index (Phi) is 3.86. The number of hydroxylamine groups is 1. The van der Waals surface area contributed by atoms with Crippen LogP contribution in [0.25, 0.3) is 0 Å². The fourth-order valence-corrected chi connectivity index (χ4v) is 2.17. The molecule has 0 aliphatic heterocycles. The largest absolute Gasteiger partial charge is 0.508 e. The van der Waals surface area contributed by atoms with Gasteiger partial charge in [-0.1, -0.05) is 18.9 Å². The lowest BCUT2D eigenvalue weighted by molar-refractivity contribution is -0.0380. The fourth-order valence-electron chi connectivity index (χ4n) is 2.17. The van der Waals surface area contributed by atoms with Crippen molar-refractivity contribution in [3.05, 3.63) is 23.8 Å². The summed E-state index contributed by atoms with van der Waals surface area (Å²) in [6.07, 6.45) is 4.94. The van der Waals surface area contributed by atoms with Crippen LogP contribution < -0.4 is 5.48 Å². The molecule has 1 aromatic carbocycles. The lowest BCUT2D eigenvalue weighted by atomic mass is 10.1. The van der Waals surface area contributed by atoms with Crippen molar-refractivity contribution in [2.45, 2.75) is 44.8 Å². The van der Waals surface area contributed by atoms with Crippen molar-refractivity contribution in [2.24, 2.45) is 0 Å². The summed E-state index contributed by atoms with van der Waals surface area (Å²) in [5, 5.41) is 18.9. The molecule has 0 heterocycles. The fraction of sp³-hybridized carbons (Fsp3) is 0.538. The lowest BCUT2D eigenvalue weighted by Crippen LogP contribution is -2.24. The molecule has 2 rings (SSSR count). The first-order chi connectivity index (χ1) is 8.16. The van der Waals surface area contributed by atoms with Crippen LogP contribution in [0.4, 0.5) is 0 Å². The highest BCUT2D eigenvalue weighted by molar-refractivity contribution is 5.40. The van der Waals surface area contributed by atoms with E-state index in [0.29, 0.717) is 0 Å². The number of phenols is 2. The summed E-state index contributed by atoms with van der Waals surface area (Å²) in [7, 11) is 0. The summed E-state index contributed by atoms with van der Waals surface area (Å²) < 4.78 is 0. The Bertz CT molecular complexity index is 375. The monoisotopic (exact) mass is 237 g/mol. The van der Waals surface area contributed by atoms with Gasteiger partial charge in [-0.3, -0.25) is 4.84 Å². The zero-order valence-electron chi connectivity index (χ0n) is 10.0. The van der Waals surface area contributed by atoms with Crippen molar-refractivity contribution < 1.29 is 15.1 Å². The van der Waals surface area contributed by atoms with E-state index in [4.69, 9.17) is 4.84 Å². The number of rotatable bonds is 4. The predicted octanol–water partition coefficient (Wildman–Crippen LogP) is 2.62. The number of hydrogen-bond acceptors (Lipinski definition) is 4. The van der Waals surface area contributed by atoms with Gasteiger partial charge in [0.2, 0.25) is 0 Å². The molecule has 1 aromatic rings. The Morgan fingerprint density at radius 1 is 1.29 bits per heavy atom. The van der Waals surface area contributed by atoms with Crippen LogP contribution in [0, 0.1) is 0 Å². The van der Waals surface area contributed by atoms with Crippen LogP contribution in [-0.2, 0) is 4.84 Å². The maximum Gasteiger partial charge on any atom is 0.124 e. The topological polar surface area (TPSA) is 61.7 Å². The van der Waals surface area contributed by atoms with E-state index in [2.05, 4.69) is 5.48 Å². The van der Waals surface area contributed by atoms with Crippen LogP contribution in [0.5, 0.6) is 11.5 Å². The minimum absolute atomic E-state index is 0.0650. The number of phenolic OH excluding ortho intramolecular Hbond substituents is 2. The molecule has 1 atom stereocenters. The molecule has 4 nitrogen and oxygen atoms in total. The number of aromatic hydroxyl groups is 2. The Morgan fingerprint density at radius 3 is 2.65 bits per heavy atom. The molecule has 1 unspecified atom stereocenters. The van der Waals surface area contributed by atoms with E-state index in [9.17, 15) is 10.2 Å². The van der Waals surface area contributed by atoms with Crippen LogP contribution in [0.1, 0.15) is 44.2 Å². The zero-order chi connectivity index (χ0) is 12.3. The average Bonchev–Trinajstić information content (AvgIpc) is 2.78. The van der Waals surface area contributed by atoms with Crippen LogP contribution in [0.3, 0.4) is 0 Å². The summed E-state index contributed by atoms with van der Waals surface area (Å²) in [5.41, 5.74) is 3.68. The second kappa shape index (κ2) is 5.38. The standard InChI is InChI=1S/C13H19NO3/c1-9(14-17-11-4-2-3-5-11)12-7-6-10(15)8-13(12)16/h6-9,11,14-16H,2-5H2,1H3. The summed E-state index contributed by atoms with van der Waals surface area (Å²) in [6.45, 7) is 1.92. The Labute approximate surface area is 101 Å². The molecular weight excluding hydrogens is 218 g/mol. The third-order valence-electron chi connectivity index (χ3n) is 3.19. The van der Waals surface area contributed by atoms with Crippen molar-refractivity contribution in [2.75, 3.05) is 0 Å². The van der Waals surface area contributed by atoms with Crippen LogP contribution in [-0.4, -0.2) is 16.3 Å². The van der Waals surface area contributed by atoms with E-state index in [1.165, 1.54) is 18.9 Å². The highest BCUT2D eigenvalue weighted by atomic mass is 16.7. The van der Waals surface area contributed by atoms with E-state index < -0.39 is 0 Å². The molecule has 0 amide bonds. The van der Waals surface area contributed by atoms with Crippen molar-refractivity contribution in [3.8, 4) is 11.5 Å². The molecule has 4 heteroatoms. The van der Waals surface area contributed by atoms with E-state index in [0.717, 1.165) is 18.4 Å². The molecule has 1 aliphatic carbocycles. The average molecular weight is 237 g/mol. The van der Waals surface area contributed by atoms with Gasteiger partial charge in [0.05, 0.1) is 12.1 Å². The highest BCUT2D eigenvalue weighted by Gasteiger charge is 2.18. The van der Waals surface area contributed by atoms with Crippen molar-refractivity contribution in [3.63, 3.8) is 0 Å². The highest BCUT2D eigenvalue weighted by Crippen LogP contribution is 2.28. The normalized spacial score (nSPS) is 18.4. The van der Waals surface area contributed by atoms with Gasteiger partial charge in [-0.25, -0.2) is 0 Å². The maximum absolute atomic E-state index is 9.70. The predicted molar refractivity (Wildman–Crippen MR) is 64.7 cm³/mol. The Balaban J connectivity index is 1.91. The molecule has 94 valence electrons. The second-order valence-electron chi connectivity index (χ2n) is 4.61. The summed E-state index contributed by atoms with van der Waals surface area (Å²) in [6, 6.07) is 4.49. The minimum Gasteiger partial charge on any atom is -0.508 e. The first kappa shape index (κ1) is 12.2. The zero-order valence-corrected chi connectivity index (χ0v) is 10.0. The van der Waals surface area contributed by atoms with Gasteiger partial charge >= 0.3 is 0 Å². The van der Waals surface area contributed by atoms with Gasteiger partial charge in [-0.2, -0.15) is 5.48 Å². The van der Waals surface area contributed by atoms with E-state index in [1.54, 1.807) is 12.1 Å². The van der Waals surface area contributed by atoms with Gasteiger partial charge in [-0.05, 0) is 25.8 Å². The maximum atomic E-state index is 9.70. The molecule has 0 aromatic heterocycles. The Morgan fingerprint density at radius 2 is 2.00 bits per heavy atom. The summed E-state index contributed by atoms with van der Waals surface area (Å²) in [5.74, 6) is 0.148.